The van der Waals surface area contributed by atoms with Gasteiger partial charge in [-0.05, 0) is 6.04 Å². The summed E-state index contributed by atoms with van der Waals surface area (Å²) in [5, 5.41) is 0. The van der Waals surface area contributed by atoms with Crippen LogP contribution in [0.4, 0.5) is 0 Å². The average Bonchev–Trinajstić information content (AvgIpc) is 2.75. The summed E-state index contributed by atoms with van der Waals surface area (Å²) in [4.78, 5) is 0. The third-order valence-electron chi connectivity index (χ3n) is 6.81. The van der Waals surface area contributed by atoms with E-state index in [1.165, 1.54) is 161 Å². The van der Waals surface area contributed by atoms with Crippen LogP contribution in [0.5, 0.6) is 0 Å². The van der Waals surface area contributed by atoms with Crippen molar-refractivity contribution >= 4 is 39.2 Å². The lowest BCUT2D eigenvalue weighted by molar-refractivity contribution is 0.516. The molecule has 0 saturated heterocycles. The molecule has 0 atom stereocenters. The molecule has 0 fully saturated rings. The van der Waals surface area contributed by atoms with E-state index in [1.54, 1.807) is 0 Å². The van der Waals surface area contributed by atoms with Crippen LogP contribution in [-0.2, 0) is 0 Å². The van der Waals surface area contributed by atoms with E-state index in [2.05, 4.69) is 6.92 Å². The van der Waals surface area contributed by atoms with E-state index in [-0.39, 0.29) is 0 Å². The highest BCUT2D eigenvalue weighted by Crippen LogP contribution is 2.27. The number of rotatable bonds is 27. The number of hydrogen-bond acceptors (Lipinski definition) is 0. The Morgan fingerprint density at radius 3 is 0.688 bits per heavy atom. The van der Waals surface area contributed by atoms with Gasteiger partial charge in [-0.25, -0.2) is 0 Å². The number of hydrogen-bond donors (Lipinski definition) is 0. The van der Waals surface area contributed by atoms with Crippen molar-refractivity contribution in [2.75, 3.05) is 0 Å². The first-order chi connectivity index (χ1) is 15.6. The molecule has 0 N–H and O–H groups in total. The van der Waals surface area contributed by atoms with E-state index in [0.717, 1.165) is 12.5 Å². The minimum absolute atomic E-state index is 0.830. The maximum Gasteiger partial charge on any atom is 0.341 e. The summed E-state index contributed by atoms with van der Waals surface area (Å²) in [7, 11) is 0. The van der Waals surface area contributed by atoms with Crippen molar-refractivity contribution in [3.05, 3.63) is 0 Å². The molecule has 0 aromatic rings. The fourth-order valence-corrected chi connectivity index (χ4v) is 6.49. The normalized spacial score (nSPS) is 12.0. The highest BCUT2D eigenvalue weighted by atomic mass is 35.8. The molecule has 0 unspecified atom stereocenters. The SMILES string of the molecule is CCCCCCCCCCCCCCCCCCCCCCCCCCCC[Si](Cl)(Cl)Cl. The summed E-state index contributed by atoms with van der Waals surface area (Å²) in [6.07, 6.45) is 37.0. The van der Waals surface area contributed by atoms with Gasteiger partial charge in [0.15, 0.2) is 0 Å². The van der Waals surface area contributed by atoms with Crippen LogP contribution in [0.15, 0.2) is 0 Å². The van der Waals surface area contributed by atoms with Gasteiger partial charge in [-0.1, -0.05) is 174 Å². The van der Waals surface area contributed by atoms with Gasteiger partial charge in [0, 0.05) is 0 Å². The second-order valence-corrected chi connectivity index (χ2v) is 19.5. The molecule has 32 heavy (non-hydrogen) atoms. The largest absolute Gasteiger partial charge is 0.341 e. The minimum Gasteiger partial charge on any atom is -0.126 e. The standard InChI is InChI=1S/C28H57Cl3Si/c1-2-3-4-5-6-7-8-9-10-11-12-13-14-15-16-17-18-19-20-21-22-23-24-25-26-27-28-32(29,30)31/h2-28H2,1H3. The Hall–Kier alpha value is 1.09. The van der Waals surface area contributed by atoms with Crippen molar-refractivity contribution in [2.45, 2.75) is 180 Å². The van der Waals surface area contributed by atoms with Crippen LogP contribution in [0.2, 0.25) is 6.04 Å². The van der Waals surface area contributed by atoms with Crippen LogP contribution >= 0.6 is 33.2 Å². The van der Waals surface area contributed by atoms with Gasteiger partial charge in [-0.3, -0.25) is 0 Å². The van der Waals surface area contributed by atoms with Crippen molar-refractivity contribution in [3.8, 4) is 0 Å². The van der Waals surface area contributed by atoms with E-state index in [0.29, 0.717) is 0 Å². The van der Waals surface area contributed by atoms with E-state index < -0.39 is 6.00 Å². The third kappa shape index (κ3) is 31.1. The van der Waals surface area contributed by atoms with Gasteiger partial charge in [0.25, 0.3) is 0 Å². The number of halogens is 3. The molecule has 0 radical (unpaired) electrons. The van der Waals surface area contributed by atoms with Gasteiger partial charge in [0.2, 0.25) is 0 Å². The Kier molecular flexibility index (Phi) is 27.6. The van der Waals surface area contributed by atoms with E-state index in [4.69, 9.17) is 33.2 Å². The molecule has 0 nitrogen and oxygen atoms in total. The molecule has 0 bridgehead atoms. The molecule has 0 aromatic carbocycles. The lowest BCUT2D eigenvalue weighted by Crippen LogP contribution is -2.07. The third-order valence-corrected chi connectivity index (χ3v) is 9.44. The van der Waals surface area contributed by atoms with Crippen LogP contribution in [-0.4, -0.2) is 6.00 Å². The number of unbranched alkanes of at least 4 members (excludes halogenated alkanes) is 25. The first-order valence-corrected chi connectivity index (χ1v) is 19.9. The molecule has 0 rings (SSSR count). The first-order valence-electron chi connectivity index (χ1n) is 14.6. The van der Waals surface area contributed by atoms with Gasteiger partial charge in [0.05, 0.1) is 0 Å². The lowest BCUT2D eigenvalue weighted by Gasteiger charge is -2.07. The zero-order valence-corrected chi connectivity index (χ0v) is 25.0. The van der Waals surface area contributed by atoms with Crippen LogP contribution < -0.4 is 0 Å². The molecule has 0 aliphatic rings. The van der Waals surface area contributed by atoms with Crippen LogP contribution in [0.1, 0.15) is 174 Å². The first kappa shape index (κ1) is 33.1. The molecule has 4 heteroatoms. The average molecular weight is 528 g/mol. The van der Waals surface area contributed by atoms with Gasteiger partial charge in [0.1, 0.15) is 0 Å². The van der Waals surface area contributed by atoms with Crippen molar-refractivity contribution in [1.29, 1.82) is 0 Å². The summed E-state index contributed by atoms with van der Waals surface area (Å²) in [5.74, 6) is 0. The van der Waals surface area contributed by atoms with Crippen molar-refractivity contribution in [2.24, 2.45) is 0 Å². The highest BCUT2D eigenvalue weighted by molar-refractivity contribution is 7.64. The van der Waals surface area contributed by atoms with Crippen molar-refractivity contribution in [1.82, 2.24) is 0 Å². The Balaban J connectivity index is 3.02. The molecular formula is C28H57Cl3Si. The second-order valence-electron chi connectivity index (χ2n) is 10.2. The van der Waals surface area contributed by atoms with Gasteiger partial charge in [-0.2, -0.15) is 0 Å². The molecule has 0 saturated carbocycles. The molecule has 0 amide bonds. The van der Waals surface area contributed by atoms with Gasteiger partial charge < -0.3 is 0 Å². The maximum absolute atomic E-state index is 5.91. The Morgan fingerprint density at radius 2 is 0.500 bits per heavy atom. The summed E-state index contributed by atoms with van der Waals surface area (Å²) in [6.45, 7) is 2.30. The van der Waals surface area contributed by atoms with E-state index in [9.17, 15) is 0 Å². The summed E-state index contributed by atoms with van der Waals surface area (Å²) in [5.41, 5.74) is 0. The zero-order chi connectivity index (χ0) is 23.6. The second kappa shape index (κ2) is 26.7. The Bertz CT molecular complexity index is 344. The summed E-state index contributed by atoms with van der Waals surface area (Å²) < 4.78 is 0. The fraction of sp³-hybridized carbons (Fsp3) is 1.00. The molecular weight excluding hydrogens is 471 g/mol. The van der Waals surface area contributed by atoms with E-state index >= 15 is 0 Å². The molecule has 0 aromatic heterocycles. The summed E-state index contributed by atoms with van der Waals surface area (Å²) in [6, 6.07) is -1.53. The predicted octanol–water partition coefficient (Wildman–Crippen LogP) is 12.8. The maximum atomic E-state index is 5.91. The lowest BCUT2D eigenvalue weighted by atomic mass is 10.0. The monoisotopic (exact) mass is 526 g/mol. The van der Waals surface area contributed by atoms with Crippen molar-refractivity contribution in [3.63, 3.8) is 0 Å². The van der Waals surface area contributed by atoms with Crippen LogP contribution in [0.25, 0.3) is 0 Å². The van der Waals surface area contributed by atoms with Crippen molar-refractivity contribution < 1.29 is 0 Å². The molecule has 194 valence electrons. The molecule has 0 spiro atoms. The van der Waals surface area contributed by atoms with E-state index in [1.807, 2.05) is 0 Å². The fourth-order valence-electron chi connectivity index (χ4n) is 4.64. The minimum atomic E-state index is -2.36. The van der Waals surface area contributed by atoms with Gasteiger partial charge >= 0.3 is 6.00 Å². The van der Waals surface area contributed by atoms with Crippen LogP contribution in [0, 0.1) is 0 Å². The molecule has 0 aliphatic carbocycles. The topological polar surface area (TPSA) is 0 Å². The Labute approximate surface area is 218 Å². The quantitative estimate of drug-likeness (QED) is 0.0565. The predicted molar refractivity (Wildman–Crippen MR) is 154 cm³/mol. The molecule has 0 aliphatic heterocycles. The highest BCUT2D eigenvalue weighted by Gasteiger charge is 2.23. The van der Waals surface area contributed by atoms with Gasteiger partial charge in [-0.15, -0.1) is 33.2 Å². The smallest absolute Gasteiger partial charge is 0.126 e. The van der Waals surface area contributed by atoms with Crippen LogP contribution in [0.3, 0.4) is 0 Å². The zero-order valence-electron chi connectivity index (χ0n) is 21.7. The Morgan fingerprint density at radius 1 is 0.312 bits per heavy atom. The molecule has 0 heterocycles. The summed E-state index contributed by atoms with van der Waals surface area (Å²) >= 11 is 17.7.